The Bertz CT molecular complexity index is 677. The number of carbonyl (C=O) groups is 1. The molecule has 126 valence electrons. The topological polar surface area (TPSA) is 50.7 Å². The molecule has 2 rings (SSSR count). The van der Waals surface area contributed by atoms with E-state index < -0.39 is 0 Å². The highest BCUT2D eigenvalue weighted by molar-refractivity contribution is 6.00. The fraction of sp³-hybridized carbons (Fsp3) is 0.300. The molecule has 0 aliphatic carbocycles. The molecule has 4 nitrogen and oxygen atoms in total. The maximum Gasteiger partial charge on any atom is 0.277 e. The van der Waals surface area contributed by atoms with Gasteiger partial charge >= 0.3 is 0 Å². The molecule has 1 N–H and O–H groups in total. The Kier molecular flexibility index (Phi) is 6.55. The first-order valence-electron chi connectivity index (χ1n) is 8.23. The van der Waals surface area contributed by atoms with Crippen molar-refractivity contribution < 1.29 is 9.53 Å². The van der Waals surface area contributed by atoms with Gasteiger partial charge in [0, 0.05) is 0 Å². The van der Waals surface area contributed by atoms with Crippen molar-refractivity contribution in [2.45, 2.75) is 33.1 Å². The number of hydrogen-bond donors (Lipinski definition) is 1. The van der Waals surface area contributed by atoms with Crippen LogP contribution in [0.2, 0.25) is 0 Å². The molecule has 0 heterocycles. The number of hydrogen-bond acceptors (Lipinski definition) is 3. The van der Waals surface area contributed by atoms with Gasteiger partial charge in [-0.2, -0.15) is 5.10 Å². The molecular formula is C20H24N2O2. The van der Waals surface area contributed by atoms with Gasteiger partial charge in [-0.25, -0.2) is 5.43 Å². The predicted octanol–water partition coefficient (Wildman–Crippen LogP) is 4.12. The fourth-order valence-corrected chi connectivity index (χ4v) is 2.24. The summed E-state index contributed by atoms with van der Waals surface area (Å²) in [5, 5.41) is 4.20. The first kappa shape index (κ1) is 17.7. The van der Waals surface area contributed by atoms with E-state index in [9.17, 15) is 4.79 Å². The molecule has 2 aromatic carbocycles. The number of rotatable bonds is 7. The summed E-state index contributed by atoms with van der Waals surface area (Å²) in [5.74, 6) is 0.879. The van der Waals surface area contributed by atoms with Crippen molar-refractivity contribution in [3.63, 3.8) is 0 Å². The van der Waals surface area contributed by atoms with Gasteiger partial charge in [0.15, 0.2) is 6.61 Å². The van der Waals surface area contributed by atoms with E-state index in [2.05, 4.69) is 24.4 Å². The van der Waals surface area contributed by atoms with E-state index in [1.807, 2.05) is 61.5 Å². The van der Waals surface area contributed by atoms with Crippen LogP contribution in [0.4, 0.5) is 0 Å². The van der Waals surface area contributed by atoms with E-state index in [-0.39, 0.29) is 12.5 Å². The highest BCUT2D eigenvalue weighted by Crippen LogP contribution is 2.18. The second kappa shape index (κ2) is 8.87. The van der Waals surface area contributed by atoms with Crippen LogP contribution in [0.3, 0.4) is 0 Å². The zero-order chi connectivity index (χ0) is 17.4. The van der Waals surface area contributed by atoms with E-state index in [4.69, 9.17) is 4.74 Å². The van der Waals surface area contributed by atoms with Gasteiger partial charge in [-0.1, -0.05) is 63.2 Å². The lowest BCUT2D eigenvalue weighted by molar-refractivity contribution is -0.123. The first-order valence-corrected chi connectivity index (χ1v) is 8.23. The van der Waals surface area contributed by atoms with Gasteiger partial charge in [0.05, 0.1) is 5.71 Å². The number of nitrogens with one attached hydrogen (secondary N) is 1. The third kappa shape index (κ3) is 5.23. The third-order valence-electron chi connectivity index (χ3n) is 3.67. The molecule has 1 amide bonds. The summed E-state index contributed by atoms with van der Waals surface area (Å²) >= 11 is 0. The van der Waals surface area contributed by atoms with Gasteiger partial charge in [-0.3, -0.25) is 4.79 Å². The van der Waals surface area contributed by atoms with Gasteiger partial charge < -0.3 is 4.74 Å². The zero-order valence-corrected chi connectivity index (χ0v) is 14.5. The molecule has 0 saturated heterocycles. The Labute approximate surface area is 143 Å². The van der Waals surface area contributed by atoms with Crippen LogP contribution in [-0.4, -0.2) is 18.2 Å². The standard InChI is InChI=1S/C20H24N2O2/c1-4-19(17-8-6-5-7-9-17)21-22-20(23)14-24-18-12-10-16(11-13-18)15(2)3/h5-13,15H,4,14H2,1-3H3,(H,22,23)/b21-19+. The predicted molar refractivity (Wildman–Crippen MR) is 97.4 cm³/mol. The van der Waals surface area contributed by atoms with E-state index >= 15 is 0 Å². The summed E-state index contributed by atoms with van der Waals surface area (Å²) in [6.07, 6.45) is 0.738. The summed E-state index contributed by atoms with van der Waals surface area (Å²) in [7, 11) is 0. The Balaban J connectivity index is 1.87. The molecule has 0 atom stereocenters. The number of benzene rings is 2. The van der Waals surface area contributed by atoms with Crippen LogP contribution in [0.15, 0.2) is 59.7 Å². The van der Waals surface area contributed by atoms with Crippen molar-refractivity contribution in [1.29, 1.82) is 0 Å². The maximum absolute atomic E-state index is 11.9. The van der Waals surface area contributed by atoms with Gasteiger partial charge in [0.25, 0.3) is 5.91 Å². The minimum atomic E-state index is -0.273. The molecule has 0 bridgehead atoms. The summed E-state index contributed by atoms with van der Waals surface area (Å²) in [6.45, 7) is 6.22. The summed E-state index contributed by atoms with van der Waals surface area (Å²) in [4.78, 5) is 11.9. The maximum atomic E-state index is 11.9. The van der Waals surface area contributed by atoms with Crippen LogP contribution in [0.5, 0.6) is 5.75 Å². The van der Waals surface area contributed by atoms with E-state index in [1.165, 1.54) is 5.56 Å². The van der Waals surface area contributed by atoms with Gasteiger partial charge in [0.1, 0.15) is 5.75 Å². The van der Waals surface area contributed by atoms with E-state index in [0.29, 0.717) is 11.7 Å². The number of ether oxygens (including phenoxy) is 1. The first-order chi connectivity index (χ1) is 11.6. The summed E-state index contributed by atoms with van der Waals surface area (Å²) < 4.78 is 5.49. The Morgan fingerprint density at radius 3 is 2.33 bits per heavy atom. The second-order valence-corrected chi connectivity index (χ2v) is 5.83. The van der Waals surface area contributed by atoms with Crippen molar-refractivity contribution in [3.8, 4) is 5.75 Å². The molecule has 0 radical (unpaired) electrons. The smallest absolute Gasteiger partial charge is 0.277 e. The van der Waals surface area contributed by atoms with Crippen LogP contribution >= 0.6 is 0 Å². The number of amides is 1. The van der Waals surface area contributed by atoms with Gasteiger partial charge in [-0.05, 0) is 35.6 Å². The van der Waals surface area contributed by atoms with Crippen LogP contribution in [0, 0.1) is 0 Å². The molecule has 0 unspecified atom stereocenters. The average Bonchev–Trinajstić information content (AvgIpc) is 2.61. The minimum absolute atomic E-state index is 0.0592. The second-order valence-electron chi connectivity index (χ2n) is 5.83. The quantitative estimate of drug-likeness (QED) is 0.615. The van der Waals surface area contributed by atoms with Crippen LogP contribution in [0.1, 0.15) is 44.2 Å². The Hall–Kier alpha value is -2.62. The molecule has 24 heavy (non-hydrogen) atoms. The summed E-state index contributed by atoms with van der Waals surface area (Å²) in [6, 6.07) is 17.6. The lowest BCUT2D eigenvalue weighted by Crippen LogP contribution is -2.26. The number of nitrogens with zero attached hydrogens (tertiary/aromatic N) is 1. The van der Waals surface area contributed by atoms with Crippen molar-refractivity contribution in [2.75, 3.05) is 6.61 Å². The molecule has 4 heteroatoms. The third-order valence-corrected chi connectivity index (χ3v) is 3.67. The van der Waals surface area contributed by atoms with Gasteiger partial charge in [0.2, 0.25) is 0 Å². The normalized spacial score (nSPS) is 11.4. The number of hydrazone groups is 1. The van der Waals surface area contributed by atoms with Gasteiger partial charge in [-0.15, -0.1) is 0 Å². The molecule has 0 saturated carbocycles. The fourth-order valence-electron chi connectivity index (χ4n) is 2.24. The average molecular weight is 324 g/mol. The molecule has 0 aliphatic heterocycles. The molecule has 0 aromatic heterocycles. The lowest BCUT2D eigenvalue weighted by Gasteiger charge is -2.09. The SMILES string of the molecule is CC/C(=N\NC(=O)COc1ccc(C(C)C)cc1)c1ccccc1. The van der Waals surface area contributed by atoms with Crippen LogP contribution in [0.25, 0.3) is 0 Å². The van der Waals surface area contributed by atoms with E-state index in [0.717, 1.165) is 17.7 Å². The van der Waals surface area contributed by atoms with E-state index in [1.54, 1.807) is 0 Å². The lowest BCUT2D eigenvalue weighted by atomic mass is 10.0. The minimum Gasteiger partial charge on any atom is -0.484 e. The summed E-state index contributed by atoms with van der Waals surface area (Å²) in [5.41, 5.74) is 5.64. The molecule has 0 aliphatic rings. The largest absolute Gasteiger partial charge is 0.484 e. The van der Waals surface area contributed by atoms with Crippen molar-refractivity contribution in [2.24, 2.45) is 5.10 Å². The monoisotopic (exact) mass is 324 g/mol. The highest BCUT2D eigenvalue weighted by atomic mass is 16.5. The number of carbonyl (C=O) groups excluding carboxylic acids is 1. The van der Waals surface area contributed by atoms with Crippen LogP contribution < -0.4 is 10.2 Å². The molecule has 0 fully saturated rings. The molecule has 0 spiro atoms. The Morgan fingerprint density at radius 2 is 1.75 bits per heavy atom. The van der Waals surface area contributed by atoms with Crippen molar-refractivity contribution >= 4 is 11.6 Å². The zero-order valence-electron chi connectivity index (χ0n) is 14.5. The molecule has 2 aromatic rings. The molecular weight excluding hydrogens is 300 g/mol. The van der Waals surface area contributed by atoms with Crippen molar-refractivity contribution in [1.82, 2.24) is 5.43 Å². The Morgan fingerprint density at radius 1 is 1.08 bits per heavy atom. The van der Waals surface area contributed by atoms with Crippen molar-refractivity contribution in [3.05, 3.63) is 65.7 Å². The highest BCUT2D eigenvalue weighted by Gasteiger charge is 2.05. The van der Waals surface area contributed by atoms with Crippen LogP contribution in [-0.2, 0) is 4.79 Å².